The van der Waals surface area contributed by atoms with Gasteiger partial charge in [-0.3, -0.25) is 4.90 Å². The van der Waals surface area contributed by atoms with Crippen molar-refractivity contribution < 1.29 is 9.13 Å². The predicted molar refractivity (Wildman–Crippen MR) is 85.4 cm³/mol. The van der Waals surface area contributed by atoms with E-state index in [1.807, 2.05) is 7.05 Å². The number of ether oxygens (including phenoxy) is 1. The maximum absolute atomic E-state index is 13.2. The van der Waals surface area contributed by atoms with Crippen molar-refractivity contribution in [3.63, 3.8) is 0 Å². The molecule has 0 bridgehead atoms. The van der Waals surface area contributed by atoms with Gasteiger partial charge in [0.1, 0.15) is 18.2 Å². The Morgan fingerprint density at radius 2 is 2.05 bits per heavy atom. The molecular formula is C14H21BrClFN2O. The van der Waals surface area contributed by atoms with Gasteiger partial charge in [-0.2, -0.15) is 0 Å². The van der Waals surface area contributed by atoms with Crippen LogP contribution in [0.25, 0.3) is 0 Å². The van der Waals surface area contributed by atoms with Crippen LogP contribution in [-0.2, 0) is 0 Å². The third-order valence-corrected chi connectivity index (χ3v) is 3.97. The van der Waals surface area contributed by atoms with Gasteiger partial charge in [0.25, 0.3) is 0 Å². The van der Waals surface area contributed by atoms with E-state index in [0.717, 1.165) is 19.6 Å². The lowest BCUT2D eigenvalue weighted by molar-refractivity contribution is 0.167. The molecule has 1 aliphatic rings. The lowest BCUT2D eigenvalue weighted by Crippen LogP contribution is -2.42. The Balaban J connectivity index is 0.00000200. The van der Waals surface area contributed by atoms with Crippen LogP contribution in [-0.4, -0.2) is 44.2 Å². The summed E-state index contributed by atoms with van der Waals surface area (Å²) in [7, 11) is 2.02. The van der Waals surface area contributed by atoms with Crippen LogP contribution < -0.4 is 10.1 Å². The van der Waals surface area contributed by atoms with E-state index in [1.165, 1.54) is 25.0 Å². The average molecular weight is 368 g/mol. The van der Waals surface area contributed by atoms with Crippen molar-refractivity contribution in [1.29, 1.82) is 0 Å². The summed E-state index contributed by atoms with van der Waals surface area (Å²) in [6.07, 6.45) is 2.37. The summed E-state index contributed by atoms with van der Waals surface area (Å²) < 4.78 is 19.5. The van der Waals surface area contributed by atoms with Crippen LogP contribution in [0.4, 0.5) is 4.39 Å². The molecule has 1 saturated heterocycles. The highest BCUT2D eigenvalue weighted by molar-refractivity contribution is 9.10. The van der Waals surface area contributed by atoms with Gasteiger partial charge >= 0.3 is 0 Å². The van der Waals surface area contributed by atoms with E-state index in [1.54, 1.807) is 6.07 Å². The largest absolute Gasteiger partial charge is 0.492 e. The summed E-state index contributed by atoms with van der Waals surface area (Å²) in [5, 5.41) is 3.31. The fourth-order valence-electron chi connectivity index (χ4n) is 2.35. The SMILES string of the molecule is CNC1CCN(CCOc2cc(F)cc(Br)c2)CC1.Cl. The van der Waals surface area contributed by atoms with E-state index in [2.05, 4.69) is 26.1 Å². The number of piperidine rings is 1. The molecule has 1 aliphatic heterocycles. The topological polar surface area (TPSA) is 24.5 Å². The summed E-state index contributed by atoms with van der Waals surface area (Å²) in [5.41, 5.74) is 0. The number of hydrogen-bond acceptors (Lipinski definition) is 3. The van der Waals surface area contributed by atoms with Crippen LogP contribution in [0.2, 0.25) is 0 Å². The summed E-state index contributed by atoms with van der Waals surface area (Å²) >= 11 is 3.26. The molecule has 3 nitrogen and oxygen atoms in total. The summed E-state index contributed by atoms with van der Waals surface area (Å²) in [4.78, 5) is 2.39. The maximum Gasteiger partial charge on any atom is 0.128 e. The van der Waals surface area contributed by atoms with Crippen molar-refractivity contribution in [3.05, 3.63) is 28.5 Å². The smallest absolute Gasteiger partial charge is 0.128 e. The zero-order valence-electron chi connectivity index (χ0n) is 11.6. The van der Waals surface area contributed by atoms with Crippen molar-refractivity contribution in [3.8, 4) is 5.75 Å². The third-order valence-electron chi connectivity index (χ3n) is 3.51. The van der Waals surface area contributed by atoms with E-state index in [4.69, 9.17) is 4.74 Å². The van der Waals surface area contributed by atoms with Crippen molar-refractivity contribution in [2.24, 2.45) is 0 Å². The summed E-state index contributed by atoms with van der Waals surface area (Å²) in [6.45, 7) is 3.69. The number of nitrogens with zero attached hydrogens (tertiary/aromatic N) is 1. The Hall–Kier alpha value is -0.360. The highest BCUT2D eigenvalue weighted by Crippen LogP contribution is 2.20. The monoisotopic (exact) mass is 366 g/mol. The Morgan fingerprint density at radius 1 is 1.35 bits per heavy atom. The molecule has 0 radical (unpaired) electrons. The molecule has 0 spiro atoms. The second-order valence-corrected chi connectivity index (χ2v) is 5.77. The Bertz CT molecular complexity index is 394. The fourth-order valence-corrected chi connectivity index (χ4v) is 2.79. The van der Waals surface area contributed by atoms with Gasteiger partial charge in [-0.25, -0.2) is 4.39 Å². The minimum Gasteiger partial charge on any atom is -0.492 e. The van der Waals surface area contributed by atoms with E-state index in [-0.39, 0.29) is 18.2 Å². The molecule has 1 heterocycles. The highest BCUT2D eigenvalue weighted by atomic mass is 79.9. The lowest BCUT2D eigenvalue weighted by atomic mass is 10.1. The van der Waals surface area contributed by atoms with Gasteiger partial charge < -0.3 is 10.1 Å². The van der Waals surface area contributed by atoms with Crippen LogP contribution in [0.1, 0.15) is 12.8 Å². The fraction of sp³-hybridized carbons (Fsp3) is 0.571. The normalized spacial score (nSPS) is 16.8. The minimum absolute atomic E-state index is 0. The van der Waals surface area contributed by atoms with E-state index in [9.17, 15) is 4.39 Å². The summed E-state index contributed by atoms with van der Waals surface area (Å²) in [6, 6.07) is 5.28. The molecule has 6 heteroatoms. The molecule has 20 heavy (non-hydrogen) atoms. The first-order valence-corrected chi connectivity index (χ1v) is 7.45. The first-order valence-electron chi connectivity index (χ1n) is 6.66. The molecule has 0 aliphatic carbocycles. The van der Waals surface area contributed by atoms with Crippen LogP contribution >= 0.6 is 28.3 Å². The molecule has 1 N–H and O–H groups in total. The van der Waals surface area contributed by atoms with Crippen molar-refractivity contribution in [2.45, 2.75) is 18.9 Å². The second-order valence-electron chi connectivity index (χ2n) is 4.86. The number of hydrogen-bond donors (Lipinski definition) is 1. The van der Waals surface area contributed by atoms with Gasteiger partial charge in [0, 0.05) is 23.1 Å². The van der Waals surface area contributed by atoms with Crippen molar-refractivity contribution >= 4 is 28.3 Å². The van der Waals surface area contributed by atoms with E-state index in [0.29, 0.717) is 22.9 Å². The second kappa shape index (κ2) is 8.82. The molecule has 114 valence electrons. The number of benzene rings is 1. The van der Waals surface area contributed by atoms with Gasteiger partial charge in [0.05, 0.1) is 0 Å². The maximum atomic E-state index is 13.2. The molecule has 0 atom stereocenters. The van der Waals surface area contributed by atoms with Gasteiger partial charge in [0.15, 0.2) is 0 Å². The highest BCUT2D eigenvalue weighted by Gasteiger charge is 2.17. The Labute approximate surface area is 134 Å². The third kappa shape index (κ3) is 5.56. The van der Waals surface area contributed by atoms with Crippen LogP contribution in [0, 0.1) is 5.82 Å². The molecule has 2 rings (SSSR count). The molecule has 0 amide bonds. The number of rotatable bonds is 5. The van der Waals surface area contributed by atoms with Crippen LogP contribution in [0.3, 0.4) is 0 Å². The minimum atomic E-state index is -0.279. The number of halogens is 3. The zero-order valence-corrected chi connectivity index (χ0v) is 14.0. The Morgan fingerprint density at radius 3 is 2.65 bits per heavy atom. The Kier molecular flexibility index (Phi) is 7.80. The molecule has 1 fully saturated rings. The summed E-state index contributed by atoms with van der Waals surface area (Å²) in [5.74, 6) is 0.302. The predicted octanol–water partition coefficient (Wildman–Crippen LogP) is 3.07. The average Bonchev–Trinajstić information content (AvgIpc) is 2.38. The first-order chi connectivity index (χ1) is 9.17. The molecular weight excluding hydrogens is 347 g/mol. The quantitative estimate of drug-likeness (QED) is 0.865. The molecule has 0 aromatic heterocycles. The van der Waals surface area contributed by atoms with Crippen molar-refractivity contribution in [2.75, 3.05) is 33.3 Å². The molecule has 1 aromatic carbocycles. The van der Waals surface area contributed by atoms with Crippen LogP contribution in [0.15, 0.2) is 22.7 Å². The molecule has 0 unspecified atom stereocenters. The van der Waals surface area contributed by atoms with E-state index >= 15 is 0 Å². The van der Waals surface area contributed by atoms with Gasteiger partial charge in [0.2, 0.25) is 0 Å². The van der Waals surface area contributed by atoms with Gasteiger partial charge in [-0.15, -0.1) is 12.4 Å². The van der Waals surface area contributed by atoms with E-state index < -0.39 is 0 Å². The standard InChI is InChI=1S/C14H20BrFN2O.ClH/c1-17-13-2-4-18(5-3-13)6-7-19-14-9-11(15)8-12(16)10-14;/h8-10,13,17H,2-7H2,1H3;1H. The number of nitrogens with one attached hydrogen (secondary N) is 1. The van der Waals surface area contributed by atoms with Crippen molar-refractivity contribution in [1.82, 2.24) is 10.2 Å². The van der Waals surface area contributed by atoms with Gasteiger partial charge in [-0.05, 0) is 45.1 Å². The molecule has 0 saturated carbocycles. The number of likely N-dealkylation sites (tertiary alicyclic amines) is 1. The lowest BCUT2D eigenvalue weighted by Gasteiger charge is -2.31. The molecule has 1 aromatic rings. The zero-order chi connectivity index (χ0) is 13.7. The van der Waals surface area contributed by atoms with Crippen LogP contribution in [0.5, 0.6) is 5.75 Å². The first kappa shape index (κ1) is 17.7. The van der Waals surface area contributed by atoms with Gasteiger partial charge in [-0.1, -0.05) is 15.9 Å².